The van der Waals surface area contributed by atoms with Gasteiger partial charge >= 0.3 is 0 Å². The summed E-state index contributed by atoms with van der Waals surface area (Å²) in [6.45, 7) is 1.01. The summed E-state index contributed by atoms with van der Waals surface area (Å²) in [5.41, 5.74) is 3.32. The van der Waals surface area contributed by atoms with Crippen LogP contribution in [0.15, 0.2) is 42.9 Å². The molecule has 1 saturated heterocycles. The summed E-state index contributed by atoms with van der Waals surface area (Å²) in [4.78, 5) is 42.8. The van der Waals surface area contributed by atoms with E-state index in [4.69, 9.17) is 4.74 Å². The summed E-state index contributed by atoms with van der Waals surface area (Å²) in [5, 5.41) is 10.2. The first-order valence-electron chi connectivity index (χ1n) is 12.5. The molecular formula is C26H28N6O4. The number of benzene rings is 1. The van der Waals surface area contributed by atoms with Gasteiger partial charge in [-0.2, -0.15) is 5.10 Å². The van der Waals surface area contributed by atoms with Gasteiger partial charge in [0.1, 0.15) is 17.9 Å². The Morgan fingerprint density at radius 1 is 1.11 bits per heavy atom. The van der Waals surface area contributed by atoms with Crippen molar-refractivity contribution in [2.75, 3.05) is 0 Å². The summed E-state index contributed by atoms with van der Waals surface area (Å²) >= 11 is 0. The van der Waals surface area contributed by atoms with Gasteiger partial charge in [0, 0.05) is 55.1 Å². The van der Waals surface area contributed by atoms with E-state index < -0.39 is 11.9 Å². The molecule has 10 nitrogen and oxygen atoms in total. The molecule has 4 heterocycles. The summed E-state index contributed by atoms with van der Waals surface area (Å²) < 4.78 is 8.21. The number of aromatic nitrogens is 3. The molecule has 2 aliphatic heterocycles. The van der Waals surface area contributed by atoms with Crippen molar-refractivity contribution < 1.29 is 19.1 Å². The van der Waals surface area contributed by atoms with Gasteiger partial charge in [0.2, 0.25) is 11.8 Å². The van der Waals surface area contributed by atoms with Crippen LogP contribution in [0, 0.1) is 0 Å². The maximum atomic E-state index is 13.0. The summed E-state index contributed by atoms with van der Waals surface area (Å²) in [6, 6.07) is 6.99. The van der Waals surface area contributed by atoms with Crippen molar-refractivity contribution in [3.63, 3.8) is 0 Å². The number of fused-ring (bicyclic) bond motifs is 2. The number of ether oxygens (including phenoxy) is 1. The second-order valence-corrected chi connectivity index (χ2v) is 9.74. The van der Waals surface area contributed by atoms with E-state index in [0.29, 0.717) is 25.1 Å². The number of hydrogen-bond donors (Lipinski definition) is 2. The molecular weight excluding hydrogens is 460 g/mol. The largest absolute Gasteiger partial charge is 0.489 e. The molecule has 1 aliphatic carbocycles. The highest BCUT2D eigenvalue weighted by molar-refractivity contribution is 6.05. The fraction of sp³-hybridized carbons (Fsp3) is 0.423. The summed E-state index contributed by atoms with van der Waals surface area (Å²) in [5.74, 6) is -0.136. The molecule has 3 atom stereocenters. The molecule has 3 amide bonds. The first-order valence-corrected chi connectivity index (χ1v) is 12.5. The highest BCUT2D eigenvalue weighted by atomic mass is 16.5. The predicted molar refractivity (Wildman–Crippen MR) is 129 cm³/mol. The second-order valence-electron chi connectivity index (χ2n) is 9.74. The number of nitrogens with zero attached hydrogens (tertiary/aromatic N) is 4. The fourth-order valence-corrected chi connectivity index (χ4v) is 5.46. The molecule has 10 heteroatoms. The second kappa shape index (κ2) is 9.34. The van der Waals surface area contributed by atoms with Crippen LogP contribution in [0.2, 0.25) is 0 Å². The third-order valence-electron chi connectivity index (χ3n) is 7.35. The molecule has 2 fully saturated rings. The van der Waals surface area contributed by atoms with Crippen LogP contribution < -0.4 is 15.4 Å². The topological polar surface area (TPSA) is 118 Å². The minimum atomic E-state index is -0.616. The number of hydrogen-bond acceptors (Lipinski definition) is 7. The van der Waals surface area contributed by atoms with E-state index in [-0.39, 0.29) is 30.4 Å². The normalized spacial score (nSPS) is 24.2. The Bertz CT molecular complexity index is 1340. The Kier molecular flexibility index (Phi) is 5.88. The molecule has 0 bridgehead atoms. The lowest BCUT2D eigenvalue weighted by molar-refractivity contribution is -0.136. The van der Waals surface area contributed by atoms with Crippen LogP contribution in [0.3, 0.4) is 0 Å². The minimum Gasteiger partial charge on any atom is -0.489 e. The lowest BCUT2D eigenvalue weighted by atomic mass is 9.92. The molecule has 6 rings (SSSR count). The number of piperidine rings is 1. The number of imide groups is 1. The van der Waals surface area contributed by atoms with Crippen LogP contribution in [0.25, 0.3) is 5.65 Å². The molecule has 186 valence electrons. The van der Waals surface area contributed by atoms with E-state index in [9.17, 15) is 14.4 Å². The molecule has 3 aliphatic rings. The first-order chi connectivity index (χ1) is 17.5. The van der Waals surface area contributed by atoms with Gasteiger partial charge in [0.15, 0.2) is 5.65 Å². The lowest BCUT2D eigenvalue weighted by Crippen LogP contribution is -2.52. The van der Waals surface area contributed by atoms with Gasteiger partial charge in [-0.15, -0.1) is 0 Å². The van der Waals surface area contributed by atoms with Gasteiger partial charge in [-0.25, -0.2) is 9.50 Å². The SMILES string of the molecule is O=C1CCC(N2Cc3cc(O[C@H]4CCCC[C@@H]4NCc4cnc5ccnn5c4)ccc3C2=O)C(=O)N1. The predicted octanol–water partition coefficient (Wildman–Crippen LogP) is 1.97. The smallest absolute Gasteiger partial charge is 0.255 e. The maximum absolute atomic E-state index is 13.0. The van der Waals surface area contributed by atoms with Crippen molar-refractivity contribution >= 4 is 23.4 Å². The van der Waals surface area contributed by atoms with Gasteiger partial charge in [0.05, 0.1) is 6.20 Å². The van der Waals surface area contributed by atoms with Gasteiger partial charge in [-0.05, 0) is 49.4 Å². The van der Waals surface area contributed by atoms with E-state index in [0.717, 1.165) is 48.2 Å². The van der Waals surface area contributed by atoms with Crippen molar-refractivity contribution in [1.29, 1.82) is 0 Å². The van der Waals surface area contributed by atoms with E-state index in [2.05, 4.69) is 20.7 Å². The van der Waals surface area contributed by atoms with Crippen LogP contribution in [-0.2, 0) is 22.7 Å². The van der Waals surface area contributed by atoms with Gasteiger partial charge in [-0.3, -0.25) is 19.7 Å². The average molecular weight is 489 g/mol. The monoisotopic (exact) mass is 488 g/mol. The molecule has 3 aromatic rings. The van der Waals surface area contributed by atoms with Gasteiger partial charge in [-0.1, -0.05) is 6.42 Å². The standard InChI is InChI=1S/C26H28N6O4/c33-24-8-7-21(25(34)30-24)31-15-17-11-18(5-6-19(17)26(31)35)36-22-4-2-1-3-20(22)27-12-16-13-28-23-9-10-29-32(23)14-16/h5-6,9-11,13-14,20-22,27H,1-4,7-8,12,15H2,(H,30,33,34)/t20-,21?,22-/m0/s1. The van der Waals surface area contributed by atoms with Crippen molar-refractivity contribution in [3.8, 4) is 5.75 Å². The summed E-state index contributed by atoms with van der Waals surface area (Å²) in [6.07, 6.45) is 10.4. The molecule has 0 spiro atoms. The van der Waals surface area contributed by atoms with Crippen molar-refractivity contribution in [2.24, 2.45) is 0 Å². The Labute approximate surface area is 208 Å². The number of amides is 3. The van der Waals surface area contributed by atoms with E-state index in [1.54, 1.807) is 21.7 Å². The molecule has 1 unspecified atom stereocenters. The number of carbonyl (C=O) groups is 3. The Hall–Kier alpha value is -3.79. The Balaban J connectivity index is 1.12. The highest BCUT2D eigenvalue weighted by Gasteiger charge is 2.39. The van der Waals surface area contributed by atoms with Crippen LogP contribution in [-0.4, -0.2) is 55.4 Å². The lowest BCUT2D eigenvalue weighted by Gasteiger charge is -2.32. The Morgan fingerprint density at radius 2 is 2.00 bits per heavy atom. The van der Waals surface area contributed by atoms with Crippen LogP contribution in [0.1, 0.15) is 60.0 Å². The molecule has 36 heavy (non-hydrogen) atoms. The van der Waals surface area contributed by atoms with Crippen LogP contribution in [0.5, 0.6) is 5.75 Å². The van der Waals surface area contributed by atoms with Gasteiger partial charge in [0.25, 0.3) is 5.91 Å². The maximum Gasteiger partial charge on any atom is 0.255 e. The quantitative estimate of drug-likeness (QED) is 0.510. The molecule has 0 radical (unpaired) electrons. The Morgan fingerprint density at radius 3 is 2.89 bits per heavy atom. The number of rotatable bonds is 6. The third kappa shape index (κ3) is 4.32. The van der Waals surface area contributed by atoms with Gasteiger partial charge < -0.3 is 15.0 Å². The zero-order valence-corrected chi connectivity index (χ0v) is 19.9. The van der Waals surface area contributed by atoms with Crippen molar-refractivity contribution in [3.05, 3.63) is 59.5 Å². The molecule has 2 N–H and O–H groups in total. The summed E-state index contributed by atoms with van der Waals surface area (Å²) in [7, 11) is 0. The highest BCUT2D eigenvalue weighted by Crippen LogP contribution is 2.32. The average Bonchev–Trinajstić information content (AvgIpc) is 3.47. The first kappa shape index (κ1) is 22.7. The van der Waals surface area contributed by atoms with E-state index in [1.165, 1.54) is 0 Å². The zero-order valence-electron chi connectivity index (χ0n) is 19.9. The minimum absolute atomic E-state index is 0.0153. The van der Waals surface area contributed by atoms with Crippen molar-refractivity contribution in [1.82, 2.24) is 30.1 Å². The van der Waals surface area contributed by atoms with Crippen LogP contribution in [0.4, 0.5) is 0 Å². The number of carbonyl (C=O) groups excluding carboxylic acids is 3. The molecule has 1 saturated carbocycles. The van der Waals surface area contributed by atoms with Crippen molar-refractivity contribution in [2.45, 2.75) is 69.8 Å². The zero-order chi connectivity index (χ0) is 24.6. The fourth-order valence-electron chi connectivity index (χ4n) is 5.46. The molecule has 2 aromatic heterocycles. The van der Waals surface area contributed by atoms with E-state index in [1.807, 2.05) is 30.6 Å². The third-order valence-corrected chi connectivity index (χ3v) is 7.35. The van der Waals surface area contributed by atoms with Crippen LogP contribution >= 0.6 is 0 Å². The number of nitrogens with one attached hydrogen (secondary N) is 2. The van der Waals surface area contributed by atoms with E-state index >= 15 is 0 Å². The molecule has 1 aromatic carbocycles.